The van der Waals surface area contributed by atoms with E-state index in [0.29, 0.717) is 22.9 Å². The number of benzene rings is 1. The van der Waals surface area contributed by atoms with Crippen LogP contribution in [0.25, 0.3) is 0 Å². The lowest BCUT2D eigenvalue weighted by Gasteiger charge is -2.36. The molecule has 1 aliphatic rings. The van der Waals surface area contributed by atoms with Gasteiger partial charge in [-0.05, 0) is 37.3 Å². The first-order valence-corrected chi connectivity index (χ1v) is 6.99. The van der Waals surface area contributed by atoms with Gasteiger partial charge in [-0.15, -0.1) is 0 Å². The number of nitro groups is 1. The van der Waals surface area contributed by atoms with Crippen LogP contribution in [0.3, 0.4) is 0 Å². The van der Waals surface area contributed by atoms with Gasteiger partial charge < -0.3 is 5.73 Å². The van der Waals surface area contributed by atoms with Crippen LogP contribution in [-0.4, -0.2) is 10.5 Å². The Morgan fingerprint density at radius 3 is 2.95 bits per heavy atom. The van der Waals surface area contributed by atoms with Crippen LogP contribution < -0.4 is 5.73 Å². The molecule has 5 heteroatoms. The van der Waals surface area contributed by atoms with Gasteiger partial charge in [0.25, 0.3) is 5.69 Å². The van der Waals surface area contributed by atoms with Crippen molar-refractivity contribution in [1.29, 1.82) is 0 Å². The van der Waals surface area contributed by atoms with Crippen molar-refractivity contribution < 1.29 is 4.92 Å². The van der Waals surface area contributed by atoms with Crippen LogP contribution >= 0.6 is 11.6 Å². The zero-order chi connectivity index (χ0) is 14.0. The Bertz CT molecular complexity index is 492. The van der Waals surface area contributed by atoms with Gasteiger partial charge in [0.05, 0.1) is 4.92 Å². The van der Waals surface area contributed by atoms with E-state index in [2.05, 4.69) is 6.92 Å². The molecular formula is C14H19ClN2O2. The van der Waals surface area contributed by atoms with Crippen molar-refractivity contribution in [3.05, 3.63) is 38.9 Å². The average molecular weight is 283 g/mol. The molecule has 0 spiro atoms. The lowest BCUT2D eigenvalue weighted by Crippen LogP contribution is -2.45. The quantitative estimate of drug-likeness (QED) is 0.679. The molecule has 0 amide bonds. The molecule has 1 aromatic rings. The molecule has 0 radical (unpaired) electrons. The lowest BCUT2D eigenvalue weighted by atomic mass is 9.74. The standard InChI is InChI=1S/C14H19ClN2O2/c1-10-3-2-6-14(16,8-10)9-11-7-12(15)4-5-13(11)17(18)19/h4-5,7,10H,2-3,6,8-9,16H2,1H3. The molecule has 2 atom stereocenters. The zero-order valence-corrected chi connectivity index (χ0v) is 11.8. The largest absolute Gasteiger partial charge is 0.325 e. The zero-order valence-electron chi connectivity index (χ0n) is 11.1. The Morgan fingerprint density at radius 1 is 1.58 bits per heavy atom. The van der Waals surface area contributed by atoms with E-state index >= 15 is 0 Å². The Hall–Kier alpha value is -1.13. The van der Waals surface area contributed by atoms with Crippen molar-refractivity contribution in [3.8, 4) is 0 Å². The molecule has 1 fully saturated rings. The Morgan fingerprint density at radius 2 is 2.32 bits per heavy atom. The van der Waals surface area contributed by atoms with Crippen LogP contribution in [0.2, 0.25) is 5.02 Å². The highest BCUT2D eigenvalue weighted by atomic mass is 35.5. The van der Waals surface area contributed by atoms with Crippen molar-refractivity contribution in [2.24, 2.45) is 11.7 Å². The molecule has 0 saturated heterocycles. The lowest BCUT2D eigenvalue weighted by molar-refractivity contribution is -0.385. The third-order valence-electron chi connectivity index (χ3n) is 3.91. The normalized spacial score (nSPS) is 27.2. The summed E-state index contributed by atoms with van der Waals surface area (Å²) in [7, 11) is 0. The van der Waals surface area contributed by atoms with Crippen LogP contribution in [0, 0.1) is 16.0 Å². The van der Waals surface area contributed by atoms with E-state index in [1.54, 1.807) is 12.1 Å². The molecule has 19 heavy (non-hydrogen) atoms. The second-order valence-electron chi connectivity index (χ2n) is 5.77. The monoisotopic (exact) mass is 282 g/mol. The summed E-state index contributed by atoms with van der Waals surface area (Å²) >= 11 is 5.95. The van der Waals surface area contributed by atoms with Gasteiger partial charge in [-0.2, -0.15) is 0 Å². The van der Waals surface area contributed by atoms with Gasteiger partial charge >= 0.3 is 0 Å². The number of halogens is 1. The number of hydrogen-bond donors (Lipinski definition) is 1. The highest BCUT2D eigenvalue weighted by Gasteiger charge is 2.33. The molecule has 104 valence electrons. The van der Waals surface area contributed by atoms with E-state index in [9.17, 15) is 10.1 Å². The molecule has 1 aromatic carbocycles. The van der Waals surface area contributed by atoms with Crippen molar-refractivity contribution in [2.45, 2.75) is 44.6 Å². The van der Waals surface area contributed by atoms with Gasteiger partial charge in [0.2, 0.25) is 0 Å². The van der Waals surface area contributed by atoms with E-state index in [0.717, 1.165) is 19.3 Å². The number of hydrogen-bond acceptors (Lipinski definition) is 3. The third-order valence-corrected chi connectivity index (χ3v) is 4.14. The minimum atomic E-state index is -0.360. The van der Waals surface area contributed by atoms with Crippen molar-refractivity contribution in [2.75, 3.05) is 0 Å². The summed E-state index contributed by atoms with van der Waals surface area (Å²) in [5.74, 6) is 0.581. The van der Waals surface area contributed by atoms with Crippen LogP contribution in [-0.2, 0) is 6.42 Å². The minimum Gasteiger partial charge on any atom is -0.325 e. The summed E-state index contributed by atoms with van der Waals surface area (Å²) in [5, 5.41) is 11.6. The molecule has 0 aliphatic heterocycles. The van der Waals surface area contributed by atoms with E-state index in [-0.39, 0.29) is 16.1 Å². The smallest absolute Gasteiger partial charge is 0.272 e. The number of nitrogens with two attached hydrogens (primary N) is 1. The van der Waals surface area contributed by atoms with Crippen LogP contribution in [0.15, 0.2) is 18.2 Å². The SMILES string of the molecule is CC1CCCC(N)(Cc2cc(Cl)ccc2[N+](=O)[O-])C1. The highest BCUT2D eigenvalue weighted by molar-refractivity contribution is 6.30. The third kappa shape index (κ3) is 3.45. The summed E-state index contributed by atoms with van der Waals surface area (Å²) in [5.41, 5.74) is 6.86. The van der Waals surface area contributed by atoms with Crippen LogP contribution in [0.4, 0.5) is 5.69 Å². The summed E-state index contributed by atoms with van der Waals surface area (Å²) in [4.78, 5) is 10.7. The topological polar surface area (TPSA) is 69.2 Å². The summed E-state index contributed by atoms with van der Waals surface area (Å²) in [6.45, 7) is 2.19. The Kier molecular flexibility index (Phi) is 4.11. The predicted octanol–water partition coefficient (Wildman–Crippen LogP) is 3.70. The van der Waals surface area contributed by atoms with E-state index < -0.39 is 0 Å². The molecule has 0 bridgehead atoms. The second-order valence-corrected chi connectivity index (χ2v) is 6.21. The molecule has 2 rings (SSSR count). The molecule has 2 unspecified atom stereocenters. The van der Waals surface area contributed by atoms with Crippen molar-refractivity contribution in [1.82, 2.24) is 0 Å². The Labute approximate surface area is 118 Å². The molecule has 0 aromatic heterocycles. The number of nitrogens with zero attached hydrogens (tertiary/aromatic N) is 1. The van der Waals surface area contributed by atoms with E-state index in [1.165, 1.54) is 12.5 Å². The molecule has 4 nitrogen and oxygen atoms in total. The predicted molar refractivity (Wildman–Crippen MR) is 76.4 cm³/mol. The molecule has 1 saturated carbocycles. The summed E-state index contributed by atoms with van der Waals surface area (Å²) in [6.07, 6.45) is 4.63. The highest BCUT2D eigenvalue weighted by Crippen LogP contribution is 2.35. The number of rotatable bonds is 3. The van der Waals surface area contributed by atoms with E-state index in [1.807, 2.05) is 0 Å². The molecule has 2 N–H and O–H groups in total. The maximum absolute atomic E-state index is 11.1. The number of nitro benzene ring substituents is 1. The minimum absolute atomic E-state index is 0.118. The first-order valence-electron chi connectivity index (χ1n) is 6.61. The molecule has 0 heterocycles. The fourth-order valence-electron chi connectivity index (χ4n) is 3.11. The maximum Gasteiger partial charge on any atom is 0.272 e. The van der Waals surface area contributed by atoms with Gasteiger partial charge in [0.1, 0.15) is 0 Å². The van der Waals surface area contributed by atoms with Gasteiger partial charge in [0.15, 0.2) is 0 Å². The first-order chi connectivity index (χ1) is 8.89. The summed E-state index contributed by atoms with van der Waals surface area (Å²) < 4.78 is 0. The van der Waals surface area contributed by atoms with Gasteiger partial charge in [-0.1, -0.05) is 31.4 Å². The summed E-state index contributed by atoms with van der Waals surface area (Å²) in [6, 6.07) is 4.69. The fraction of sp³-hybridized carbons (Fsp3) is 0.571. The van der Waals surface area contributed by atoms with Crippen LogP contribution in [0.1, 0.15) is 38.2 Å². The second kappa shape index (κ2) is 5.47. The Balaban J connectivity index is 2.26. The molecular weight excluding hydrogens is 264 g/mol. The molecule has 1 aliphatic carbocycles. The van der Waals surface area contributed by atoms with Gasteiger partial charge in [0, 0.05) is 22.2 Å². The fourth-order valence-corrected chi connectivity index (χ4v) is 3.31. The van der Waals surface area contributed by atoms with Crippen LogP contribution in [0.5, 0.6) is 0 Å². The van der Waals surface area contributed by atoms with E-state index in [4.69, 9.17) is 17.3 Å². The first kappa shape index (κ1) is 14.3. The maximum atomic E-state index is 11.1. The van der Waals surface area contributed by atoms with Crippen molar-refractivity contribution >= 4 is 17.3 Å². The average Bonchev–Trinajstić information content (AvgIpc) is 2.27. The van der Waals surface area contributed by atoms with Gasteiger partial charge in [-0.25, -0.2) is 0 Å². The van der Waals surface area contributed by atoms with Gasteiger partial charge in [-0.3, -0.25) is 10.1 Å². The van der Waals surface area contributed by atoms with Crippen molar-refractivity contribution in [3.63, 3.8) is 0 Å².